The van der Waals surface area contributed by atoms with Gasteiger partial charge in [-0.25, -0.2) is 0 Å². The molecule has 1 aromatic carbocycles. The first-order chi connectivity index (χ1) is 9.15. The molecular weight excluding hydrogens is 283 g/mol. The molecule has 2 rings (SSSR count). The van der Waals surface area contributed by atoms with Crippen LogP contribution in [0.3, 0.4) is 0 Å². The molecule has 5 heteroatoms. The highest BCUT2D eigenvalue weighted by Crippen LogP contribution is 2.22. The van der Waals surface area contributed by atoms with Crippen LogP contribution < -0.4 is 10.6 Å². The Morgan fingerprint density at radius 3 is 2.95 bits per heavy atom. The van der Waals surface area contributed by atoms with Gasteiger partial charge in [0.2, 0.25) is 5.91 Å². The molecule has 0 aromatic heterocycles. The summed E-state index contributed by atoms with van der Waals surface area (Å²) < 4.78 is 0. The van der Waals surface area contributed by atoms with Crippen molar-refractivity contribution in [1.29, 1.82) is 0 Å². The second-order valence-corrected chi connectivity index (χ2v) is 5.69. The Morgan fingerprint density at radius 2 is 2.26 bits per heavy atom. The van der Waals surface area contributed by atoms with Crippen molar-refractivity contribution in [3.8, 4) is 0 Å². The lowest BCUT2D eigenvalue weighted by Crippen LogP contribution is -2.45. The first-order valence-corrected chi connectivity index (χ1v) is 7.35. The standard InChI is InChI=1S/C14H18Cl2N2O/c15-11-5-3-10(13(16)8-11)4-6-14(19)18-12-2-1-7-17-9-12/h3,5,8,12,17H,1-2,4,6-7,9H2,(H,18,19)/t12-/m0/s1. The van der Waals surface area contributed by atoms with Crippen LogP contribution >= 0.6 is 23.2 Å². The Morgan fingerprint density at radius 1 is 1.42 bits per heavy atom. The van der Waals surface area contributed by atoms with Gasteiger partial charge in [0.25, 0.3) is 0 Å². The van der Waals surface area contributed by atoms with E-state index in [4.69, 9.17) is 23.2 Å². The van der Waals surface area contributed by atoms with Crippen LogP contribution in [0.15, 0.2) is 18.2 Å². The maximum absolute atomic E-state index is 11.9. The van der Waals surface area contributed by atoms with Crippen LogP contribution in [0.4, 0.5) is 0 Å². The van der Waals surface area contributed by atoms with E-state index < -0.39 is 0 Å². The van der Waals surface area contributed by atoms with Crippen molar-refractivity contribution in [2.75, 3.05) is 13.1 Å². The molecule has 0 radical (unpaired) electrons. The molecule has 19 heavy (non-hydrogen) atoms. The Hall–Kier alpha value is -0.770. The molecule has 1 atom stereocenters. The van der Waals surface area contributed by atoms with Crippen LogP contribution in [0, 0.1) is 0 Å². The van der Waals surface area contributed by atoms with E-state index in [0.29, 0.717) is 22.9 Å². The number of halogens is 2. The highest BCUT2D eigenvalue weighted by atomic mass is 35.5. The molecule has 1 aliphatic heterocycles. The van der Waals surface area contributed by atoms with Crippen LogP contribution in [0.5, 0.6) is 0 Å². The molecule has 104 valence electrons. The molecule has 1 heterocycles. The topological polar surface area (TPSA) is 41.1 Å². The molecule has 1 fully saturated rings. The van der Waals surface area contributed by atoms with E-state index in [0.717, 1.165) is 31.5 Å². The zero-order chi connectivity index (χ0) is 13.7. The third-order valence-corrected chi connectivity index (χ3v) is 3.89. The molecule has 2 N–H and O–H groups in total. The smallest absolute Gasteiger partial charge is 0.220 e. The number of benzene rings is 1. The van der Waals surface area contributed by atoms with Gasteiger partial charge in [-0.15, -0.1) is 0 Å². The summed E-state index contributed by atoms with van der Waals surface area (Å²) in [4.78, 5) is 11.9. The van der Waals surface area contributed by atoms with Gasteiger partial charge >= 0.3 is 0 Å². The number of nitrogens with one attached hydrogen (secondary N) is 2. The van der Waals surface area contributed by atoms with Crippen LogP contribution in [0.1, 0.15) is 24.8 Å². The third kappa shape index (κ3) is 4.68. The fraction of sp³-hybridized carbons (Fsp3) is 0.500. The van der Waals surface area contributed by atoms with E-state index in [9.17, 15) is 4.79 Å². The van der Waals surface area contributed by atoms with Crippen molar-refractivity contribution >= 4 is 29.1 Å². The van der Waals surface area contributed by atoms with Crippen molar-refractivity contribution in [2.24, 2.45) is 0 Å². The van der Waals surface area contributed by atoms with Gasteiger partial charge in [0.05, 0.1) is 0 Å². The van der Waals surface area contributed by atoms with Gasteiger partial charge in [-0.2, -0.15) is 0 Å². The van der Waals surface area contributed by atoms with Gasteiger partial charge in [-0.3, -0.25) is 4.79 Å². The zero-order valence-corrected chi connectivity index (χ0v) is 12.2. The summed E-state index contributed by atoms with van der Waals surface area (Å²) in [6.45, 7) is 1.92. The average Bonchev–Trinajstić information content (AvgIpc) is 2.39. The van der Waals surface area contributed by atoms with Gasteiger partial charge in [-0.05, 0) is 43.5 Å². The van der Waals surface area contributed by atoms with E-state index >= 15 is 0 Å². The summed E-state index contributed by atoms with van der Waals surface area (Å²) in [6.07, 6.45) is 3.27. The predicted octanol–water partition coefficient (Wildman–Crippen LogP) is 2.79. The van der Waals surface area contributed by atoms with E-state index in [2.05, 4.69) is 10.6 Å². The molecule has 0 aliphatic carbocycles. The molecule has 0 bridgehead atoms. The molecule has 0 unspecified atom stereocenters. The summed E-state index contributed by atoms with van der Waals surface area (Å²) in [7, 11) is 0. The van der Waals surface area contributed by atoms with Gasteiger partial charge < -0.3 is 10.6 Å². The minimum absolute atomic E-state index is 0.0831. The molecule has 0 saturated carbocycles. The monoisotopic (exact) mass is 300 g/mol. The summed E-state index contributed by atoms with van der Waals surface area (Å²) in [6, 6.07) is 5.65. The second-order valence-electron chi connectivity index (χ2n) is 4.85. The van der Waals surface area contributed by atoms with E-state index in [1.54, 1.807) is 12.1 Å². The number of hydrogen-bond donors (Lipinski definition) is 2. The van der Waals surface area contributed by atoms with Crippen molar-refractivity contribution in [1.82, 2.24) is 10.6 Å². The average molecular weight is 301 g/mol. The lowest BCUT2D eigenvalue weighted by molar-refractivity contribution is -0.121. The Balaban J connectivity index is 1.79. The summed E-state index contributed by atoms with van der Waals surface area (Å²) in [5, 5.41) is 7.57. The van der Waals surface area contributed by atoms with Gasteiger partial charge in [-0.1, -0.05) is 29.3 Å². The highest BCUT2D eigenvalue weighted by molar-refractivity contribution is 6.35. The van der Waals surface area contributed by atoms with E-state index in [1.165, 1.54) is 0 Å². The second kappa shape index (κ2) is 7.13. The Labute approximate surface area is 123 Å². The molecular formula is C14H18Cl2N2O. The first kappa shape index (κ1) is 14.6. The minimum atomic E-state index is 0.0831. The SMILES string of the molecule is O=C(CCc1ccc(Cl)cc1Cl)N[C@H]1CCCNC1. The number of carbonyl (C=O) groups excluding carboxylic acids is 1. The maximum Gasteiger partial charge on any atom is 0.220 e. The normalized spacial score (nSPS) is 19.2. The quantitative estimate of drug-likeness (QED) is 0.898. The van der Waals surface area contributed by atoms with Crippen LogP contribution in [-0.4, -0.2) is 25.0 Å². The summed E-state index contributed by atoms with van der Waals surface area (Å²) >= 11 is 11.9. The van der Waals surface area contributed by atoms with Gasteiger partial charge in [0.15, 0.2) is 0 Å². The van der Waals surface area contributed by atoms with Crippen molar-refractivity contribution < 1.29 is 4.79 Å². The summed E-state index contributed by atoms with van der Waals surface area (Å²) in [5.74, 6) is 0.0831. The van der Waals surface area contributed by atoms with E-state index in [1.807, 2.05) is 6.07 Å². The molecule has 0 spiro atoms. The number of carbonyl (C=O) groups is 1. The molecule has 1 aliphatic rings. The Kier molecular flexibility index (Phi) is 5.49. The van der Waals surface area contributed by atoms with Crippen molar-refractivity contribution in [3.63, 3.8) is 0 Å². The van der Waals surface area contributed by atoms with Crippen molar-refractivity contribution in [3.05, 3.63) is 33.8 Å². The lowest BCUT2D eigenvalue weighted by Gasteiger charge is -2.23. The van der Waals surface area contributed by atoms with Crippen LogP contribution in [-0.2, 0) is 11.2 Å². The van der Waals surface area contributed by atoms with Crippen LogP contribution in [0.25, 0.3) is 0 Å². The van der Waals surface area contributed by atoms with Crippen molar-refractivity contribution in [2.45, 2.75) is 31.7 Å². The Bertz CT molecular complexity index is 445. The number of hydrogen-bond acceptors (Lipinski definition) is 2. The fourth-order valence-electron chi connectivity index (χ4n) is 2.25. The molecule has 3 nitrogen and oxygen atoms in total. The molecule has 1 aromatic rings. The highest BCUT2D eigenvalue weighted by Gasteiger charge is 2.15. The number of piperidine rings is 1. The van der Waals surface area contributed by atoms with Gasteiger partial charge in [0, 0.05) is 29.1 Å². The zero-order valence-electron chi connectivity index (χ0n) is 10.7. The number of aryl methyl sites for hydroxylation is 1. The lowest BCUT2D eigenvalue weighted by atomic mass is 10.1. The predicted molar refractivity (Wildman–Crippen MR) is 78.8 cm³/mol. The number of rotatable bonds is 4. The fourth-order valence-corrected chi connectivity index (χ4v) is 2.75. The molecule has 1 saturated heterocycles. The van der Waals surface area contributed by atoms with Crippen LogP contribution in [0.2, 0.25) is 10.0 Å². The third-order valence-electron chi connectivity index (χ3n) is 3.30. The van der Waals surface area contributed by atoms with E-state index in [-0.39, 0.29) is 11.9 Å². The molecule has 1 amide bonds. The van der Waals surface area contributed by atoms with Gasteiger partial charge in [0.1, 0.15) is 0 Å². The maximum atomic E-state index is 11.9. The largest absolute Gasteiger partial charge is 0.352 e. The first-order valence-electron chi connectivity index (χ1n) is 6.59. The minimum Gasteiger partial charge on any atom is -0.352 e. The number of amides is 1. The summed E-state index contributed by atoms with van der Waals surface area (Å²) in [5.41, 5.74) is 0.961.